The molecule has 0 saturated carbocycles. The number of hydrogen-bond acceptors (Lipinski definition) is 1. The van der Waals surface area contributed by atoms with Gasteiger partial charge in [-0.05, 0) is 5.56 Å². The zero-order chi connectivity index (χ0) is 12.0. The van der Waals surface area contributed by atoms with Gasteiger partial charge in [0, 0.05) is 5.56 Å². The first-order chi connectivity index (χ1) is 7.32. The molecule has 0 N–H and O–H groups in total. The molecule has 0 aliphatic carbocycles. The highest BCUT2D eigenvalue weighted by Gasteiger charge is 2.58. The first-order valence-electron chi connectivity index (χ1n) is 4.49. The Morgan fingerprint density at radius 1 is 1.00 bits per heavy atom. The van der Waals surface area contributed by atoms with E-state index in [0.29, 0.717) is 12.2 Å². The average molecular weight is 238 g/mol. The summed E-state index contributed by atoms with van der Waals surface area (Å²) in [4.78, 5) is 0. The van der Waals surface area contributed by atoms with Crippen molar-refractivity contribution >= 4 is 0 Å². The Labute approximate surface area is 87.8 Å². The third-order valence-electron chi connectivity index (χ3n) is 2.33. The van der Waals surface area contributed by atoms with Crippen LogP contribution in [0.3, 0.4) is 0 Å². The molecular formula is C10H7F5O. The van der Waals surface area contributed by atoms with Crippen molar-refractivity contribution < 1.29 is 26.7 Å². The Morgan fingerprint density at radius 3 is 1.88 bits per heavy atom. The first kappa shape index (κ1) is 11.3. The molecule has 6 heteroatoms. The SMILES string of the molecule is FC(F)(F)C(F)(F)c1ccc([C@H]2CO2)cc1. The van der Waals surface area contributed by atoms with Gasteiger partial charge in [0.15, 0.2) is 0 Å². The molecule has 16 heavy (non-hydrogen) atoms. The maximum Gasteiger partial charge on any atom is 0.458 e. The van der Waals surface area contributed by atoms with Crippen molar-refractivity contribution in [2.24, 2.45) is 0 Å². The van der Waals surface area contributed by atoms with E-state index in [1.807, 2.05) is 0 Å². The van der Waals surface area contributed by atoms with Crippen LogP contribution in [0.4, 0.5) is 22.0 Å². The molecule has 0 radical (unpaired) electrons. The fraction of sp³-hybridized carbons (Fsp3) is 0.400. The van der Waals surface area contributed by atoms with Crippen molar-refractivity contribution in [2.45, 2.75) is 18.2 Å². The zero-order valence-electron chi connectivity index (χ0n) is 7.89. The standard InChI is InChI=1S/C10H7F5O/c11-9(12,10(13,14)15)7-3-1-6(2-4-7)8-5-16-8/h1-4,8H,5H2/t8-/m1/s1. The highest BCUT2D eigenvalue weighted by Crippen LogP contribution is 2.44. The molecule has 1 nitrogen and oxygen atoms in total. The average Bonchev–Trinajstić information content (AvgIpc) is 2.99. The topological polar surface area (TPSA) is 12.5 Å². The molecular weight excluding hydrogens is 231 g/mol. The molecule has 1 aliphatic rings. The molecule has 1 aromatic carbocycles. The summed E-state index contributed by atoms with van der Waals surface area (Å²) >= 11 is 0. The fourth-order valence-corrected chi connectivity index (χ4v) is 1.31. The van der Waals surface area contributed by atoms with Crippen LogP contribution in [0.25, 0.3) is 0 Å². The Balaban J connectivity index is 2.26. The summed E-state index contributed by atoms with van der Waals surface area (Å²) in [5, 5.41) is 0. The quantitative estimate of drug-likeness (QED) is 0.568. The lowest BCUT2D eigenvalue weighted by Gasteiger charge is -2.19. The van der Waals surface area contributed by atoms with Crippen LogP contribution < -0.4 is 0 Å². The van der Waals surface area contributed by atoms with Crippen molar-refractivity contribution in [1.82, 2.24) is 0 Å². The first-order valence-corrected chi connectivity index (χ1v) is 4.49. The third-order valence-corrected chi connectivity index (χ3v) is 2.33. The van der Waals surface area contributed by atoms with Gasteiger partial charge in [-0.15, -0.1) is 0 Å². The van der Waals surface area contributed by atoms with Gasteiger partial charge in [0.05, 0.1) is 6.61 Å². The number of alkyl halides is 5. The number of benzene rings is 1. The second kappa shape index (κ2) is 3.41. The molecule has 1 heterocycles. The Kier molecular flexibility index (Phi) is 2.41. The molecule has 1 saturated heterocycles. The molecule has 0 unspecified atom stereocenters. The van der Waals surface area contributed by atoms with Crippen molar-refractivity contribution in [1.29, 1.82) is 0 Å². The Morgan fingerprint density at radius 2 is 1.50 bits per heavy atom. The molecule has 1 aliphatic heterocycles. The van der Waals surface area contributed by atoms with E-state index < -0.39 is 17.7 Å². The highest BCUT2D eigenvalue weighted by atomic mass is 19.4. The summed E-state index contributed by atoms with van der Waals surface area (Å²) in [5.74, 6) is -4.81. The minimum Gasteiger partial charge on any atom is -0.368 e. The summed E-state index contributed by atoms with van der Waals surface area (Å²) < 4.78 is 66.6. The summed E-state index contributed by atoms with van der Waals surface area (Å²) in [5.41, 5.74) is -0.439. The maximum absolute atomic E-state index is 12.9. The van der Waals surface area contributed by atoms with Gasteiger partial charge in [0.2, 0.25) is 0 Å². The van der Waals surface area contributed by atoms with E-state index >= 15 is 0 Å². The second-order valence-electron chi connectivity index (χ2n) is 3.52. The van der Waals surface area contributed by atoms with Crippen LogP contribution in [-0.4, -0.2) is 12.8 Å². The number of ether oxygens (including phenoxy) is 1. The molecule has 1 atom stereocenters. The monoisotopic (exact) mass is 238 g/mol. The largest absolute Gasteiger partial charge is 0.458 e. The number of hydrogen-bond donors (Lipinski definition) is 0. The Hall–Kier alpha value is -1.17. The summed E-state index contributed by atoms with van der Waals surface area (Å²) in [6, 6.07) is 4.02. The Bertz CT molecular complexity index is 377. The lowest BCUT2D eigenvalue weighted by Crippen LogP contribution is -2.33. The fourth-order valence-electron chi connectivity index (χ4n) is 1.31. The van der Waals surface area contributed by atoms with E-state index in [2.05, 4.69) is 0 Å². The van der Waals surface area contributed by atoms with Gasteiger partial charge in [0.1, 0.15) is 6.10 Å². The van der Waals surface area contributed by atoms with Gasteiger partial charge in [0.25, 0.3) is 0 Å². The maximum atomic E-state index is 12.9. The predicted octanol–water partition coefficient (Wildman–Crippen LogP) is 3.41. The van der Waals surface area contributed by atoms with Gasteiger partial charge in [-0.3, -0.25) is 0 Å². The second-order valence-corrected chi connectivity index (χ2v) is 3.52. The van der Waals surface area contributed by atoms with Gasteiger partial charge in [-0.1, -0.05) is 24.3 Å². The minimum absolute atomic E-state index is 0.159. The van der Waals surface area contributed by atoms with Gasteiger partial charge in [-0.2, -0.15) is 22.0 Å². The summed E-state index contributed by atoms with van der Waals surface area (Å²) in [6.45, 7) is 0.481. The van der Waals surface area contributed by atoms with Crippen molar-refractivity contribution in [3.63, 3.8) is 0 Å². The highest BCUT2D eigenvalue weighted by molar-refractivity contribution is 5.29. The van der Waals surface area contributed by atoms with E-state index in [1.165, 1.54) is 12.1 Å². The predicted molar refractivity (Wildman–Crippen MR) is 45.1 cm³/mol. The number of halogens is 5. The number of epoxide rings is 1. The van der Waals surface area contributed by atoms with Crippen LogP contribution in [-0.2, 0) is 10.7 Å². The van der Waals surface area contributed by atoms with Crippen LogP contribution in [0.2, 0.25) is 0 Å². The van der Waals surface area contributed by atoms with Gasteiger partial charge in [-0.25, -0.2) is 0 Å². The van der Waals surface area contributed by atoms with E-state index in [9.17, 15) is 22.0 Å². The van der Waals surface area contributed by atoms with Crippen LogP contribution in [0, 0.1) is 0 Å². The molecule has 1 fully saturated rings. The summed E-state index contributed by atoms with van der Waals surface area (Å²) in [6.07, 6.45) is -5.72. The number of rotatable bonds is 2. The summed E-state index contributed by atoms with van der Waals surface area (Å²) in [7, 11) is 0. The van der Waals surface area contributed by atoms with E-state index in [0.717, 1.165) is 12.1 Å². The minimum atomic E-state index is -5.56. The van der Waals surface area contributed by atoms with Crippen molar-refractivity contribution in [3.8, 4) is 0 Å². The molecule has 88 valence electrons. The van der Waals surface area contributed by atoms with Crippen molar-refractivity contribution in [2.75, 3.05) is 6.61 Å². The molecule has 0 bridgehead atoms. The van der Waals surface area contributed by atoms with Gasteiger partial charge < -0.3 is 4.74 Å². The van der Waals surface area contributed by atoms with E-state index in [-0.39, 0.29) is 6.10 Å². The molecule has 2 rings (SSSR count). The molecule has 0 spiro atoms. The van der Waals surface area contributed by atoms with E-state index in [1.54, 1.807) is 0 Å². The molecule has 0 aromatic heterocycles. The van der Waals surface area contributed by atoms with Crippen LogP contribution in [0.15, 0.2) is 24.3 Å². The normalized spacial score (nSPS) is 20.9. The molecule has 0 amide bonds. The molecule has 1 aromatic rings. The lowest BCUT2D eigenvalue weighted by molar-refractivity contribution is -0.289. The third kappa shape index (κ3) is 1.89. The van der Waals surface area contributed by atoms with Crippen LogP contribution in [0.5, 0.6) is 0 Å². The van der Waals surface area contributed by atoms with Crippen LogP contribution >= 0.6 is 0 Å². The smallest absolute Gasteiger partial charge is 0.368 e. The van der Waals surface area contributed by atoms with Gasteiger partial charge >= 0.3 is 12.1 Å². The van der Waals surface area contributed by atoms with E-state index in [4.69, 9.17) is 4.74 Å². The lowest BCUT2D eigenvalue weighted by atomic mass is 10.0. The zero-order valence-corrected chi connectivity index (χ0v) is 7.89. The van der Waals surface area contributed by atoms with Crippen molar-refractivity contribution in [3.05, 3.63) is 35.4 Å². The van der Waals surface area contributed by atoms with Crippen LogP contribution in [0.1, 0.15) is 17.2 Å².